The Morgan fingerprint density at radius 3 is 2.78 bits per heavy atom. The first kappa shape index (κ1) is 12.6. The molecule has 0 aliphatic carbocycles. The number of hydrogen-bond acceptors (Lipinski definition) is 4. The van der Waals surface area contributed by atoms with E-state index in [-0.39, 0.29) is 0 Å². The van der Waals surface area contributed by atoms with Gasteiger partial charge in [-0.15, -0.1) is 0 Å². The molecule has 0 spiro atoms. The van der Waals surface area contributed by atoms with Crippen LogP contribution in [-0.2, 0) is 13.0 Å². The molecule has 18 heavy (non-hydrogen) atoms. The van der Waals surface area contributed by atoms with E-state index in [2.05, 4.69) is 10.1 Å². The summed E-state index contributed by atoms with van der Waals surface area (Å²) < 4.78 is 6.79. The number of aromatic nitrogens is 3. The van der Waals surface area contributed by atoms with Crippen LogP contribution < -0.4 is 4.74 Å². The number of aryl methyl sites for hydroxylation is 1. The van der Waals surface area contributed by atoms with Crippen LogP contribution in [0.15, 0.2) is 30.7 Å². The van der Waals surface area contributed by atoms with Crippen LogP contribution in [-0.4, -0.2) is 27.0 Å². The van der Waals surface area contributed by atoms with Gasteiger partial charge in [-0.25, -0.2) is 4.98 Å². The maximum Gasteiger partial charge on any atom is 0.212 e. The number of ether oxygens (including phenoxy) is 1. The fraction of sp³-hybridized carbons (Fsp3) is 0.385. The molecule has 0 aliphatic heterocycles. The fourth-order valence-corrected chi connectivity index (χ4v) is 1.72. The third-order valence-corrected chi connectivity index (χ3v) is 2.80. The Hall–Kier alpha value is -1.88. The van der Waals surface area contributed by atoms with Crippen LogP contribution >= 0.6 is 0 Å². The molecule has 5 nitrogen and oxygen atoms in total. The topological polar surface area (TPSA) is 60.2 Å². The van der Waals surface area contributed by atoms with Gasteiger partial charge in [0.1, 0.15) is 0 Å². The number of nitrogens with zero attached hydrogens (tertiary/aromatic N) is 3. The molecule has 2 rings (SSSR count). The quantitative estimate of drug-likeness (QED) is 0.871. The van der Waals surface area contributed by atoms with E-state index in [1.165, 1.54) is 0 Å². The van der Waals surface area contributed by atoms with Gasteiger partial charge in [0.05, 0.1) is 19.4 Å². The highest BCUT2D eigenvalue weighted by Crippen LogP contribution is 2.18. The van der Waals surface area contributed by atoms with E-state index in [4.69, 9.17) is 4.74 Å². The molecule has 0 amide bonds. The standard InChI is InChI=1S/C13H17N3O2/c1-3-16-9-11(8-15-16)12(17)6-10-4-5-13(18-2)14-7-10/h4-5,7-9,12,17H,3,6H2,1-2H3. The molecule has 1 unspecified atom stereocenters. The number of pyridine rings is 1. The van der Waals surface area contributed by atoms with Crippen LogP contribution in [0.25, 0.3) is 0 Å². The van der Waals surface area contributed by atoms with Crippen molar-refractivity contribution in [2.24, 2.45) is 0 Å². The Bertz CT molecular complexity index is 493. The molecule has 2 aromatic heterocycles. The smallest absolute Gasteiger partial charge is 0.212 e. The van der Waals surface area contributed by atoms with Crippen molar-refractivity contribution in [1.82, 2.24) is 14.8 Å². The van der Waals surface area contributed by atoms with Crippen molar-refractivity contribution in [2.45, 2.75) is 26.0 Å². The van der Waals surface area contributed by atoms with Gasteiger partial charge in [0.2, 0.25) is 5.88 Å². The third kappa shape index (κ3) is 2.87. The predicted molar refractivity (Wildman–Crippen MR) is 67.4 cm³/mol. The van der Waals surface area contributed by atoms with Crippen molar-refractivity contribution in [3.8, 4) is 5.88 Å². The Kier molecular flexibility index (Phi) is 3.94. The van der Waals surface area contributed by atoms with Crippen molar-refractivity contribution >= 4 is 0 Å². The minimum Gasteiger partial charge on any atom is -0.481 e. The molecular weight excluding hydrogens is 230 g/mol. The maximum absolute atomic E-state index is 10.1. The zero-order valence-corrected chi connectivity index (χ0v) is 10.6. The summed E-state index contributed by atoms with van der Waals surface area (Å²) in [5.74, 6) is 0.576. The molecular formula is C13H17N3O2. The second kappa shape index (κ2) is 5.64. The molecule has 0 saturated heterocycles. The molecule has 0 radical (unpaired) electrons. The summed E-state index contributed by atoms with van der Waals surface area (Å²) in [5.41, 5.74) is 1.79. The molecule has 96 valence electrons. The minimum atomic E-state index is -0.555. The summed E-state index contributed by atoms with van der Waals surface area (Å²) in [6.45, 7) is 2.81. The maximum atomic E-state index is 10.1. The summed E-state index contributed by atoms with van der Waals surface area (Å²) in [6.07, 6.45) is 5.24. The lowest BCUT2D eigenvalue weighted by molar-refractivity contribution is 0.178. The first-order valence-corrected chi connectivity index (χ1v) is 5.92. The van der Waals surface area contributed by atoms with Gasteiger partial charge in [0.15, 0.2) is 0 Å². The van der Waals surface area contributed by atoms with Crippen LogP contribution in [0, 0.1) is 0 Å². The molecule has 0 bridgehead atoms. The Labute approximate surface area is 106 Å². The number of aliphatic hydroxyl groups is 1. The van der Waals surface area contributed by atoms with Gasteiger partial charge >= 0.3 is 0 Å². The van der Waals surface area contributed by atoms with Gasteiger partial charge in [-0.05, 0) is 12.5 Å². The van der Waals surface area contributed by atoms with E-state index in [0.29, 0.717) is 12.3 Å². The van der Waals surface area contributed by atoms with Crippen LogP contribution in [0.5, 0.6) is 5.88 Å². The summed E-state index contributed by atoms with van der Waals surface area (Å²) >= 11 is 0. The monoisotopic (exact) mass is 247 g/mol. The van der Waals surface area contributed by atoms with Gasteiger partial charge in [0, 0.05) is 37.0 Å². The van der Waals surface area contributed by atoms with E-state index in [0.717, 1.165) is 17.7 Å². The molecule has 1 atom stereocenters. The molecule has 0 aromatic carbocycles. The predicted octanol–water partition coefficient (Wildman–Crippen LogP) is 1.58. The lowest BCUT2D eigenvalue weighted by Gasteiger charge is -2.08. The molecule has 2 aromatic rings. The lowest BCUT2D eigenvalue weighted by atomic mass is 10.1. The van der Waals surface area contributed by atoms with Crippen molar-refractivity contribution in [2.75, 3.05) is 7.11 Å². The first-order valence-electron chi connectivity index (χ1n) is 5.92. The summed E-state index contributed by atoms with van der Waals surface area (Å²) in [6, 6.07) is 3.69. The van der Waals surface area contributed by atoms with Crippen LogP contribution in [0.2, 0.25) is 0 Å². The molecule has 2 heterocycles. The molecule has 0 aliphatic rings. The van der Waals surface area contributed by atoms with Gasteiger partial charge in [-0.2, -0.15) is 5.10 Å². The summed E-state index contributed by atoms with van der Waals surface area (Å²) in [5, 5.41) is 14.2. The van der Waals surface area contributed by atoms with E-state index in [9.17, 15) is 5.11 Å². The molecule has 5 heteroatoms. The number of hydrogen-bond donors (Lipinski definition) is 1. The van der Waals surface area contributed by atoms with Crippen LogP contribution in [0.4, 0.5) is 0 Å². The largest absolute Gasteiger partial charge is 0.481 e. The average molecular weight is 247 g/mol. The summed E-state index contributed by atoms with van der Waals surface area (Å²) in [7, 11) is 1.58. The minimum absolute atomic E-state index is 0.520. The van der Waals surface area contributed by atoms with Gasteiger partial charge in [0.25, 0.3) is 0 Å². The van der Waals surface area contributed by atoms with E-state index in [1.54, 1.807) is 30.3 Å². The second-order valence-electron chi connectivity index (χ2n) is 4.06. The third-order valence-electron chi connectivity index (χ3n) is 2.80. The Balaban J connectivity index is 2.03. The highest BCUT2D eigenvalue weighted by molar-refractivity contribution is 5.20. The van der Waals surface area contributed by atoms with Crippen LogP contribution in [0.1, 0.15) is 24.2 Å². The van der Waals surface area contributed by atoms with Gasteiger partial charge in [-0.1, -0.05) is 6.07 Å². The fourth-order valence-electron chi connectivity index (χ4n) is 1.72. The second-order valence-corrected chi connectivity index (χ2v) is 4.06. The zero-order chi connectivity index (χ0) is 13.0. The number of rotatable bonds is 5. The first-order chi connectivity index (χ1) is 8.72. The highest BCUT2D eigenvalue weighted by Gasteiger charge is 2.11. The normalized spacial score (nSPS) is 12.4. The molecule has 1 N–H and O–H groups in total. The van der Waals surface area contributed by atoms with E-state index in [1.807, 2.05) is 19.2 Å². The van der Waals surface area contributed by atoms with Crippen molar-refractivity contribution in [3.05, 3.63) is 41.9 Å². The van der Waals surface area contributed by atoms with Crippen molar-refractivity contribution in [1.29, 1.82) is 0 Å². The van der Waals surface area contributed by atoms with E-state index < -0.39 is 6.10 Å². The molecule has 0 fully saturated rings. The zero-order valence-electron chi connectivity index (χ0n) is 10.6. The summed E-state index contributed by atoms with van der Waals surface area (Å²) in [4.78, 5) is 4.11. The van der Waals surface area contributed by atoms with Crippen molar-refractivity contribution < 1.29 is 9.84 Å². The molecule has 0 saturated carbocycles. The number of methoxy groups -OCH3 is 1. The number of aliphatic hydroxyl groups excluding tert-OH is 1. The van der Waals surface area contributed by atoms with E-state index >= 15 is 0 Å². The highest BCUT2D eigenvalue weighted by atomic mass is 16.5. The Morgan fingerprint density at radius 2 is 2.22 bits per heavy atom. The van der Waals surface area contributed by atoms with Gasteiger partial charge < -0.3 is 9.84 Å². The lowest BCUT2D eigenvalue weighted by Crippen LogP contribution is -2.01. The SMILES string of the molecule is CCn1cc(C(O)Cc2ccc(OC)nc2)cn1. The average Bonchev–Trinajstić information content (AvgIpc) is 2.88. The van der Waals surface area contributed by atoms with Crippen LogP contribution in [0.3, 0.4) is 0 Å². The van der Waals surface area contributed by atoms with Crippen molar-refractivity contribution in [3.63, 3.8) is 0 Å². The van der Waals surface area contributed by atoms with Gasteiger partial charge in [-0.3, -0.25) is 4.68 Å². The Morgan fingerprint density at radius 1 is 1.39 bits per heavy atom.